The summed E-state index contributed by atoms with van der Waals surface area (Å²) >= 11 is 0. The summed E-state index contributed by atoms with van der Waals surface area (Å²) < 4.78 is 0. The number of hydrogen-bond acceptors (Lipinski definition) is 1. The van der Waals surface area contributed by atoms with Crippen LogP contribution in [0.4, 0.5) is 0 Å². The van der Waals surface area contributed by atoms with Gasteiger partial charge in [-0.1, -0.05) is 112 Å². The van der Waals surface area contributed by atoms with Gasteiger partial charge in [0, 0.05) is 0 Å². The minimum absolute atomic E-state index is 0.146. The van der Waals surface area contributed by atoms with Gasteiger partial charge >= 0.3 is 5.97 Å². The van der Waals surface area contributed by atoms with Crippen LogP contribution in [0.15, 0.2) is 72.8 Å². The number of rotatable bonds is 7. The van der Waals surface area contributed by atoms with Gasteiger partial charge in [0.05, 0.1) is 8.07 Å². The third-order valence-corrected chi connectivity index (χ3v) is 14.5. The number of fused-ring (bicyclic) bond motifs is 3. The zero-order valence-electron chi connectivity index (χ0n) is 23.1. The summed E-state index contributed by atoms with van der Waals surface area (Å²) in [7, 11) is -2.58. The molecule has 3 aliphatic carbocycles. The van der Waals surface area contributed by atoms with Crippen molar-refractivity contribution in [2.75, 3.05) is 0 Å². The number of allylic oxidation sites excluding steroid dienone is 2. The van der Waals surface area contributed by atoms with E-state index in [1.54, 1.807) is 0 Å². The second kappa shape index (κ2) is 9.23. The minimum atomic E-state index is -2.58. The first-order valence-corrected chi connectivity index (χ1v) is 17.4. The van der Waals surface area contributed by atoms with E-state index in [0.29, 0.717) is 5.92 Å². The Labute approximate surface area is 228 Å². The van der Waals surface area contributed by atoms with E-state index in [-0.39, 0.29) is 5.54 Å². The van der Waals surface area contributed by atoms with Gasteiger partial charge in [0.15, 0.2) is 0 Å². The third-order valence-electron chi connectivity index (χ3n) is 9.76. The smallest absolute Gasteiger partial charge is 0.315 e. The first-order chi connectivity index (χ1) is 18.3. The number of aliphatic carboxylic acids is 1. The van der Waals surface area contributed by atoms with E-state index >= 15 is 0 Å². The number of benzene rings is 3. The maximum Gasteiger partial charge on any atom is 0.315 e. The quantitative estimate of drug-likeness (QED) is 0.318. The molecule has 3 atom stereocenters. The van der Waals surface area contributed by atoms with Crippen molar-refractivity contribution >= 4 is 25.7 Å². The van der Waals surface area contributed by atoms with Crippen LogP contribution in [0.5, 0.6) is 0 Å². The molecular formula is C35H38O2Si. The van der Waals surface area contributed by atoms with Crippen LogP contribution in [0.25, 0.3) is 22.8 Å². The van der Waals surface area contributed by atoms with E-state index in [4.69, 9.17) is 0 Å². The van der Waals surface area contributed by atoms with Crippen molar-refractivity contribution in [3.8, 4) is 11.1 Å². The minimum Gasteiger partial charge on any atom is -0.481 e. The van der Waals surface area contributed by atoms with E-state index in [1.165, 1.54) is 39.0 Å². The predicted octanol–water partition coefficient (Wildman–Crippen LogP) is 8.60. The molecule has 3 aliphatic rings. The molecule has 0 bridgehead atoms. The lowest BCUT2D eigenvalue weighted by Gasteiger charge is -2.43. The van der Waals surface area contributed by atoms with E-state index in [2.05, 4.69) is 106 Å². The molecule has 0 aromatic heterocycles. The topological polar surface area (TPSA) is 37.3 Å². The third kappa shape index (κ3) is 3.47. The molecule has 0 radical (unpaired) electrons. The van der Waals surface area contributed by atoms with Crippen molar-refractivity contribution in [3.05, 3.63) is 106 Å². The average Bonchev–Trinajstić information content (AvgIpc) is 3.64. The molecule has 3 heteroatoms. The molecule has 2 nitrogen and oxygen atoms in total. The highest BCUT2D eigenvalue weighted by Gasteiger charge is 2.59. The van der Waals surface area contributed by atoms with Crippen molar-refractivity contribution in [3.63, 3.8) is 0 Å². The summed E-state index contributed by atoms with van der Waals surface area (Å²) in [5.74, 6) is -0.224. The van der Waals surface area contributed by atoms with Crippen LogP contribution in [-0.4, -0.2) is 19.1 Å². The van der Waals surface area contributed by atoms with Crippen LogP contribution in [0.2, 0.25) is 13.1 Å². The lowest BCUT2D eigenvalue weighted by atomic mass is 9.87. The van der Waals surface area contributed by atoms with Gasteiger partial charge < -0.3 is 5.11 Å². The lowest BCUT2D eigenvalue weighted by molar-refractivity contribution is -0.139. The molecule has 3 unspecified atom stereocenters. The Hall–Kier alpha value is -3.17. The van der Waals surface area contributed by atoms with Crippen molar-refractivity contribution < 1.29 is 9.90 Å². The number of carboxylic acids is 1. The fourth-order valence-electron chi connectivity index (χ4n) is 7.77. The van der Waals surface area contributed by atoms with Crippen LogP contribution >= 0.6 is 0 Å². The van der Waals surface area contributed by atoms with Gasteiger partial charge in [-0.25, -0.2) is 0 Å². The SMILES string of the molecule is CCCC(C)C1=CC([Si](C)(C)C2(C(=O)O)C=Cc3c2cc2c(c3-c3ccccc3)CCC2)c2ccccc21. The van der Waals surface area contributed by atoms with Crippen LogP contribution in [0.3, 0.4) is 0 Å². The number of carbonyl (C=O) groups is 1. The molecule has 1 N–H and O–H groups in total. The second-order valence-corrected chi connectivity index (χ2v) is 17.0. The molecule has 0 spiro atoms. The van der Waals surface area contributed by atoms with Crippen LogP contribution in [-0.2, 0) is 22.7 Å². The monoisotopic (exact) mass is 518 g/mol. The summed E-state index contributed by atoms with van der Waals surface area (Å²) in [6, 6.07) is 21.7. The maximum absolute atomic E-state index is 13.6. The van der Waals surface area contributed by atoms with Crippen molar-refractivity contribution in [2.45, 2.75) is 69.6 Å². The second-order valence-electron chi connectivity index (χ2n) is 12.1. The molecule has 0 heterocycles. The highest BCUT2D eigenvalue weighted by atomic mass is 28.3. The average molecular weight is 519 g/mol. The molecule has 0 saturated carbocycles. The Kier molecular flexibility index (Phi) is 6.11. The van der Waals surface area contributed by atoms with Crippen molar-refractivity contribution in [2.24, 2.45) is 5.92 Å². The van der Waals surface area contributed by atoms with Gasteiger partial charge in [0.1, 0.15) is 5.04 Å². The van der Waals surface area contributed by atoms with Crippen molar-refractivity contribution in [1.29, 1.82) is 0 Å². The Bertz CT molecular complexity index is 1480. The molecule has 0 amide bonds. The standard InChI is InChI=1S/C35H38O2Si/c1-5-12-23(2)30-22-32(28-17-10-9-16-27(28)30)38(3,4)35(34(36)37)20-19-29-31(35)21-25-15-11-18-26(25)33(29)24-13-7-6-8-14-24/h6-10,13-14,16-17,19-23,32H,5,11-12,15,18H2,1-4H3,(H,36,37). The van der Waals surface area contributed by atoms with Gasteiger partial charge in [0.25, 0.3) is 0 Å². The highest BCUT2D eigenvalue weighted by molar-refractivity contribution is 6.86. The van der Waals surface area contributed by atoms with Gasteiger partial charge in [-0.2, -0.15) is 0 Å². The lowest BCUT2D eigenvalue weighted by Crippen LogP contribution is -2.58. The Morgan fingerprint density at radius 3 is 2.55 bits per heavy atom. The Morgan fingerprint density at radius 2 is 1.82 bits per heavy atom. The van der Waals surface area contributed by atoms with Gasteiger partial charge in [0.2, 0.25) is 0 Å². The van der Waals surface area contributed by atoms with E-state index < -0.39 is 19.1 Å². The molecule has 6 rings (SSSR count). The van der Waals surface area contributed by atoms with Crippen LogP contribution in [0, 0.1) is 5.92 Å². The number of hydrogen-bond donors (Lipinski definition) is 1. The number of aryl methyl sites for hydroxylation is 1. The molecular weight excluding hydrogens is 480 g/mol. The van der Waals surface area contributed by atoms with Gasteiger partial charge in [-0.05, 0) is 87.2 Å². The summed E-state index contributed by atoms with van der Waals surface area (Å²) in [5, 5.41) is 10.2. The van der Waals surface area contributed by atoms with Crippen molar-refractivity contribution in [1.82, 2.24) is 0 Å². The van der Waals surface area contributed by atoms with E-state index in [9.17, 15) is 9.90 Å². The fraction of sp³-hybridized carbons (Fsp3) is 0.343. The summed E-state index contributed by atoms with van der Waals surface area (Å²) in [6.07, 6.45) is 12.2. The molecule has 194 valence electrons. The highest BCUT2D eigenvalue weighted by Crippen LogP contribution is 2.55. The molecule has 0 fully saturated rings. The Morgan fingerprint density at radius 1 is 1.08 bits per heavy atom. The molecule has 0 aliphatic heterocycles. The van der Waals surface area contributed by atoms with E-state index in [0.717, 1.165) is 43.2 Å². The molecule has 3 aromatic rings. The van der Waals surface area contributed by atoms with E-state index in [1.807, 2.05) is 0 Å². The largest absolute Gasteiger partial charge is 0.481 e. The van der Waals surface area contributed by atoms with Gasteiger partial charge in [-0.3, -0.25) is 4.79 Å². The summed E-state index contributed by atoms with van der Waals surface area (Å²) in [5.41, 5.74) is 11.6. The summed E-state index contributed by atoms with van der Waals surface area (Å²) in [4.78, 5) is 13.6. The first-order valence-electron chi connectivity index (χ1n) is 14.3. The normalized spacial score (nSPS) is 22.1. The molecule has 38 heavy (non-hydrogen) atoms. The first kappa shape index (κ1) is 25.1. The summed E-state index contributed by atoms with van der Waals surface area (Å²) in [6.45, 7) is 9.22. The van der Waals surface area contributed by atoms with Gasteiger partial charge in [-0.15, -0.1) is 0 Å². The molecule has 3 aromatic carbocycles. The zero-order chi connectivity index (χ0) is 26.7. The number of carboxylic acid groups (broad SMARTS) is 1. The van der Waals surface area contributed by atoms with Crippen LogP contribution in [0.1, 0.15) is 72.0 Å². The molecule has 0 saturated heterocycles. The predicted molar refractivity (Wildman–Crippen MR) is 161 cm³/mol. The fourth-order valence-corrected chi connectivity index (χ4v) is 11.8. The Balaban J connectivity index is 1.57. The maximum atomic E-state index is 13.6. The van der Waals surface area contributed by atoms with Crippen LogP contribution < -0.4 is 0 Å². The zero-order valence-corrected chi connectivity index (χ0v) is 24.1.